The van der Waals surface area contributed by atoms with Crippen LogP contribution in [0.3, 0.4) is 0 Å². The first-order chi connectivity index (χ1) is 8.18. The van der Waals surface area contributed by atoms with Crippen LogP contribution >= 0.6 is 15.9 Å². The second-order valence-electron chi connectivity index (χ2n) is 3.93. The smallest absolute Gasteiger partial charge is 0.327 e. The molecule has 2 rings (SSSR count). The zero-order valence-corrected chi connectivity index (χ0v) is 10.9. The van der Waals surface area contributed by atoms with Crippen LogP contribution in [0.2, 0.25) is 0 Å². The number of aliphatic carboxylic acids is 1. The Labute approximate surface area is 108 Å². The number of aromatic nitrogens is 1. The summed E-state index contributed by atoms with van der Waals surface area (Å²) in [7, 11) is 0. The number of carbonyl (C=O) groups is 1. The molecule has 6 heteroatoms. The van der Waals surface area contributed by atoms with Gasteiger partial charge < -0.3 is 10.4 Å². The third-order valence-electron chi connectivity index (χ3n) is 2.78. The maximum absolute atomic E-state index is 11.4. The zero-order valence-electron chi connectivity index (χ0n) is 9.27. The van der Waals surface area contributed by atoms with E-state index in [4.69, 9.17) is 0 Å². The van der Waals surface area contributed by atoms with E-state index in [1.54, 1.807) is 12.3 Å². The number of nitrogens with one attached hydrogen (secondary N) is 1. The fourth-order valence-corrected chi connectivity index (χ4v) is 2.19. The predicted octanol–water partition coefficient (Wildman–Crippen LogP) is 0.875. The summed E-state index contributed by atoms with van der Waals surface area (Å²) < 4.78 is 0.852. The number of rotatable bonds is 3. The summed E-state index contributed by atoms with van der Waals surface area (Å²) >= 11 is 3.29. The molecule has 0 aliphatic carbocycles. The van der Waals surface area contributed by atoms with Crippen molar-refractivity contribution in [1.82, 2.24) is 15.2 Å². The summed E-state index contributed by atoms with van der Waals surface area (Å²) in [6.45, 7) is 3.10. The van der Waals surface area contributed by atoms with Crippen molar-refractivity contribution in [1.29, 1.82) is 0 Å². The monoisotopic (exact) mass is 299 g/mol. The number of nitrogens with zero attached hydrogens (tertiary/aromatic N) is 2. The first kappa shape index (κ1) is 12.5. The summed E-state index contributed by atoms with van der Waals surface area (Å²) in [5, 5.41) is 12.5. The average molecular weight is 300 g/mol. The predicted molar refractivity (Wildman–Crippen MR) is 66.8 cm³/mol. The maximum atomic E-state index is 11.4. The molecule has 5 nitrogen and oxygen atoms in total. The summed E-state index contributed by atoms with van der Waals surface area (Å²) in [4.78, 5) is 17.5. The number of hydrogen-bond donors (Lipinski definition) is 2. The first-order valence-electron chi connectivity index (χ1n) is 5.47. The van der Waals surface area contributed by atoms with Crippen LogP contribution in [-0.4, -0.2) is 47.1 Å². The van der Waals surface area contributed by atoms with Crippen LogP contribution in [-0.2, 0) is 4.79 Å². The molecule has 1 aromatic heterocycles. The van der Waals surface area contributed by atoms with Crippen LogP contribution in [0.5, 0.6) is 0 Å². The van der Waals surface area contributed by atoms with Gasteiger partial charge in [0, 0.05) is 36.8 Å². The van der Waals surface area contributed by atoms with E-state index in [2.05, 4.69) is 26.2 Å². The van der Waals surface area contributed by atoms with Gasteiger partial charge in [-0.1, -0.05) is 0 Å². The standard InChI is InChI=1S/C11H14BrN3O2/c12-8-1-2-9(14-7-8)10(11(16)17)15-5-3-13-4-6-15/h1-2,7,10,13H,3-6H2,(H,16,17). The minimum Gasteiger partial charge on any atom is -0.480 e. The molecular weight excluding hydrogens is 286 g/mol. The molecule has 1 atom stereocenters. The van der Waals surface area contributed by atoms with Crippen molar-refractivity contribution in [3.8, 4) is 0 Å². The highest BCUT2D eigenvalue weighted by Gasteiger charge is 2.29. The van der Waals surface area contributed by atoms with Crippen molar-refractivity contribution in [3.05, 3.63) is 28.5 Å². The Hall–Kier alpha value is -0.980. The molecule has 0 bridgehead atoms. The molecule has 1 fully saturated rings. The largest absolute Gasteiger partial charge is 0.480 e. The van der Waals surface area contributed by atoms with E-state index in [0.29, 0.717) is 5.69 Å². The van der Waals surface area contributed by atoms with Crippen LogP contribution in [0.1, 0.15) is 11.7 Å². The summed E-state index contributed by atoms with van der Waals surface area (Å²) in [5.41, 5.74) is 0.586. The molecule has 1 unspecified atom stereocenters. The fraction of sp³-hybridized carbons (Fsp3) is 0.455. The normalized spacial score (nSPS) is 18.9. The van der Waals surface area contributed by atoms with Crippen molar-refractivity contribution in [2.24, 2.45) is 0 Å². The molecule has 1 saturated heterocycles. The number of hydrogen-bond acceptors (Lipinski definition) is 4. The lowest BCUT2D eigenvalue weighted by atomic mass is 10.1. The van der Waals surface area contributed by atoms with Crippen molar-refractivity contribution in [2.45, 2.75) is 6.04 Å². The van der Waals surface area contributed by atoms with E-state index in [1.807, 2.05) is 11.0 Å². The molecule has 2 heterocycles. The van der Waals surface area contributed by atoms with Crippen molar-refractivity contribution in [3.63, 3.8) is 0 Å². The van der Waals surface area contributed by atoms with Crippen LogP contribution in [0, 0.1) is 0 Å². The Bertz CT molecular complexity index is 390. The van der Waals surface area contributed by atoms with Crippen molar-refractivity contribution in [2.75, 3.05) is 26.2 Å². The van der Waals surface area contributed by atoms with E-state index >= 15 is 0 Å². The van der Waals surface area contributed by atoms with E-state index in [1.165, 1.54) is 0 Å². The second-order valence-corrected chi connectivity index (χ2v) is 4.84. The molecule has 0 radical (unpaired) electrons. The molecule has 0 aromatic carbocycles. The highest BCUT2D eigenvalue weighted by atomic mass is 79.9. The Morgan fingerprint density at radius 3 is 2.71 bits per heavy atom. The Kier molecular flexibility index (Phi) is 4.09. The number of halogens is 1. The summed E-state index contributed by atoms with van der Waals surface area (Å²) in [5.74, 6) is -0.846. The lowest BCUT2D eigenvalue weighted by molar-refractivity contribution is -0.144. The van der Waals surface area contributed by atoms with Gasteiger partial charge in [0.05, 0.1) is 5.69 Å². The molecule has 1 aromatic rings. The Balaban J connectivity index is 2.21. The molecule has 1 aliphatic rings. The highest BCUT2D eigenvalue weighted by Crippen LogP contribution is 2.20. The zero-order chi connectivity index (χ0) is 12.3. The van der Waals surface area contributed by atoms with Gasteiger partial charge in [0.1, 0.15) is 0 Å². The second kappa shape index (κ2) is 5.57. The van der Waals surface area contributed by atoms with E-state index in [9.17, 15) is 9.90 Å². The van der Waals surface area contributed by atoms with Gasteiger partial charge in [-0.2, -0.15) is 0 Å². The Morgan fingerprint density at radius 2 is 2.18 bits per heavy atom. The number of carboxylic acids is 1. The lowest BCUT2D eigenvalue weighted by Gasteiger charge is -2.31. The van der Waals surface area contributed by atoms with Crippen LogP contribution in [0.25, 0.3) is 0 Å². The minimum absolute atomic E-state index is 0.586. The van der Waals surface area contributed by atoms with E-state index in [-0.39, 0.29) is 0 Å². The highest BCUT2D eigenvalue weighted by molar-refractivity contribution is 9.10. The third kappa shape index (κ3) is 3.02. The molecule has 0 amide bonds. The number of piperazine rings is 1. The molecular formula is C11H14BrN3O2. The van der Waals surface area contributed by atoms with Crippen LogP contribution < -0.4 is 5.32 Å². The molecule has 1 aliphatic heterocycles. The quantitative estimate of drug-likeness (QED) is 0.867. The average Bonchev–Trinajstić information content (AvgIpc) is 2.33. The van der Waals surface area contributed by atoms with Gasteiger partial charge in [0.2, 0.25) is 0 Å². The molecule has 0 saturated carbocycles. The van der Waals surface area contributed by atoms with Gasteiger partial charge in [-0.05, 0) is 28.1 Å². The first-order valence-corrected chi connectivity index (χ1v) is 6.27. The summed E-state index contributed by atoms with van der Waals surface area (Å²) in [6, 6.07) is 2.93. The van der Waals surface area contributed by atoms with E-state index < -0.39 is 12.0 Å². The summed E-state index contributed by atoms with van der Waals surface area (Å²) in [6.07, 6.45) is 1.63. The van der Waals surface area contributed by atoms with Crippen LogP contribution in [0.4, 0.5) is 0 Å². The molecule has 92 valence electrons. The van der Waals surface area contributed by atoms with Crippen molar-refractivity contribution < 1.29 is 9.90 Å². The molecule has 17 heavy (non-hydrogen) atoms. The van der Waals surface area contributed by atoms with Gasteiger partial charge in [0.25, 0.3) is 0 Å². The third-order valence-corrected chi connectivity index (χ3v) is 3.25. The fourth-order valence-electron chi connectivity index (χ4n) is 1.96. The number of carboxylic acid groups (broad SMARTS) is 1. The minimum atomic E-state index is -0.846. The van der Waals surface area contributed by atoms with Gasteiger partial charge in [0.15, 0.2) is 6.04 Å². The van der Waals surface area contributed by atoms with Gasteiger partial charge >= 0.3 is 5.97 Å². The molecule has 0 spiro atoms. The topological polar surface area (TPSA) is 65.5 Å². The lowest BCUT2D eigenvalue weighted by Crippen LogP contribution is -2.47. The molecule has 2 N–H and O–H groups in total. The Morgan fingerprint density at radius 1 is 1.47 bits per heavy atom. The van der Waals surface area contributed by atoms with Gasteiger partial charge in [-0.3, -0.25) is 14.7 Å². The number of pyridine rings is 1. The SMILES string of the molecule is O=C(O)C(c1ccc(Br)cn1)N1CCNCC1. The van der Waals surface area contributed by atoms with Crippen LogP contribution in [0.15, 0.2) is 22.8 Å². The van der Waals surface area contributed by atoms with E-state index in [0.717, 1.165) is 30.7 Å². The van der Waals surface area contributed by atoms with Crippen molar-refractivity contribution >= 4 is 21.9 Å². The van der Waals surface area contributed by atoms with Gasteiger partial charge in [-0.25, -0.2) is 0 Å². The van der Waals surface area contributed by atoms with Gasteiger partial charge in [-0.15, -0.1) is 0 Å². The maximum Gasteiger partial charge on any atom is 0.327 e.